The van der Waals surface area contributed by atoms with Crippen molar-refractivity contribution in [2.45, 2.75) is 6.92 Å². The van der Waals surface area contributed by atoms with Crippen LogP contribution < -0.4 is 0 Å². The lowest BCUT2D eigenvalue weighted by atomic mass is 10.0. The highest BCUT2D eigenvalue weighted by Gasteiger charge is 1.98. The van der Waals surface area contributed by atoms with E-state index in [2.05, 4.69) is 11.2 Å². The molecule has 2 rings (SSSR count). The van der Waals surface area contributed by atoms with E-state index in [4.69, 9.17) is 5.21 Å². The van der Waals surface area contributed by atoms with E-state index in [1.54, 1.807) is 6.92 Å². The van der Waals surface area contributed by atoms with E-state index in [1.165, 1.54) is 5.39 Å². The summed E-state index contributed by atoms with van der Waals surface area (Å²) in [6.07, 6.45) is 0. The molecule has 0 unspecified atom stereocenters. The van der Waals surface area contributed by atoms with E-state index in [1.807, 2.05) is 36.4 Å². The molecular formula is C12H11NO. The van der Waals surface area contributed by atoms with Gasteiger partial charge in [0.25, 0.3) is 0 Å². The molecule has 0 spiro atoms. The van der Waals surface area contributed by atoms with Gasteiger partial charge in [-0.1, -0.05) is 41.6 Å². The standard InChI is InChI=1S/C12H11NO/c1-9(13-14)11-7-6-10-4-2-3-5-12(10)8-11/h2-8,14H,1H3/b13-9+. The Balaban J connectivity index is 2.62. The van der Waals surface area contributed by atoms with Crippen molar-refractivity contribution in [1.82, 2.24) is 0 Å². The SMILES string of the molecule is C/C(=N\O)c1ccc2ccccc2c1. The smallest absolute Gasteiger partial charge is 0.0837 e. The molecule has 0 bridgehead atoms. The molecule has 0 aliphatic carbocycles. The van der Waals surface area contributed by atoms with Crippen LogP contribution in [0.25, 0.3) is 10.8 Å². The number of nitrogens with zero attached hydrogens (tertiary/aromatic N) is 1. The summed E-state index contributed by atoms with van der Waals surface area (Å²) in [5, 5.41) is 14.2. The van der Waals surface area contributed by atoms with Gasteiger partial charge in [-0.2, -0.15) is 0 Å². The fraction of sp³-hybridized carbons (Fsp3) is 0.0833. The summed E-state index contributed by atoms with van der Waals surface area (Å²) in [5.74, 6) is 0. The van der Waals surface area contributed by atoms with E-state index in [-0.39, 0.29) is 0 Å². The van der Waals surface area contributed by atoms with Crippen molar-refractivity contribution >= 4 is 16.5 Å². The molecule has 2 heteroatoms. The third-order valence-electron chi connectivity index (χ3n) is 2.32. The largest absolute Gasteiger partial charge is 0.411 e. The lowest BCUT2D eigenvalue weighted by molar-refractivity contribution is 0.319. The zero-order valence-corrected chi connectivity index (χ0v) is 7.94. The number of hydrogen-bond donors (Lipinski definition) is 1. The van der Waals surface area contributed by atoms with Gasteiger partial charge >= 0.3 is 0 Å². The van der Waals surface area contributed by atoms with Crippen LogP contribution in [-0.4, -0.2) is 10.9 Å². The Bertz CT molecular complexity index is 488. The molecule has 0 saturated heterocycles. The third kappa shape index (κ3) is 1.46. The van der Waals surface area contributed by atoms with Gasteiger partial charge < -0.3 is 5.21 Å². The highest BCUT2D eigenvalue weighted by molar-refractivity contribution is 6.01. The predicted octanol–water partition coefficient (Wildman–Crippen LogP) is 3.04. The summed E-state index contributed by atoms with van der Waals surface area (Å²) in [4.78, 5) is 0. The van der Waals surface area contributed by atoms with Crippen LogP contribution in [0.2, 0.25) is 0 Å². The molecule has 0 heterocycles. The van der Waals surface area contributed by atoms with Crippen LogP contribution in [-0.2, 0) is 0 Å². The van der Waals surface area contributed by atoms with Gasteiger partial charge in [-0.15, -0.1) is 0 Å². The molecule has 0 aliphatic heterocycles. The van der Waals surface area contributed by atoms with E-state index >= 15 is 0 Å². The molecule has 70 valence electrons. The zero-order valence-electron chi connectivity index (χ0n) is 7.94. The number of hydrogen-bond acceptors (Lipinski definition) is 2. The Hall–Kier alpha value is -1.83. The van der Waals surface area contributed by atoms with Crippen LogP contribution in [0.3, 0.4) is 0 Å². The number of fused-ring (bicyclic) bond motifs is 1. The predicted molar refractivity (Wildman–Crippen MR) is 57.9 cm³/mol. The van der Waals surface area contributed by atoms with Crippen molar-refractivity contribution in [2.75, 3.05) is 0 Å². The Morgan fingerprint density at radius 3 is 2.50 bits per heavy atom. The second-order valence-electron chi connectivity index (χ2n) is 3.25. The van der Waals surface area contributed by atoms with E-state index in [0.717, 1.165) is 10.9 Å². The maximum Gasteiger partial charge on any atom is 0.0837 e. The molecule has 0 saturated carbocycles. The minimum absolute atomic E-state index is 0.635. The van der Waals surface area contributed by atoms with Crippen molar-refractivity contribution in [3.05, 3.63) is 48.0 Å². The van der Waals surface area contributed by atoms with Crippen LogP contribution in [0.5, 0.6) is 0 Å². The van der Waals surface area contributed by atoms with Gasteiger partial charge in [0.15, 0.2) is 0 Å². The van der Waals surface area contributed by atoms with Gasteiger partial charge in [0.1, 0.15) is 0 Å². The van der Waals surface area contributed by atoms with Crippen molar-refractivity contribution in [3.63, 3.8) is 0 Å². The summed E-state index contributed by atoms with van der Waals surface area (Å²) >= 11 is 0. The fourth-order valence-corrected chi connectivity index (χ4v) is 1.47. The first-order valence-electron chi connectivity index (χ1n) is 4.49. The average molecular weight is 185 g/mol. The fourth-order valence-electron chi connectivity index (χ4n) is 1.47. The Morgan fingerprint density at radius 1 is 1.07 bits per heavy atom. The van der Waals surface area contributed by atoms with Gasteiger partial charge in [-0.05, 0) is 29.3 Å². The molecule has 2 aromatic rings. The van der Waals surface area contributed by atoms with Crippen LogP contribution in [0.1, 0.15) is 12.5 Å². The topological polar surface area (TPSA) is 32.6 Å². The zero-order chi connectivity index (χ0) is 9.97. The van der Waals surface area contributed by atoms with E-state index < -0.39 is 0 Å². The van der Waals surface area contributed by atoms with Crippen LogP contribution in [0, 0.1) is 0 Å². The molecule has 0 aromatic heterocycles. The summed E-state index contributed by atoms with van der Waals surface area (Å²) in [7, 11) is 0. The van der Waals surface area contributed by atoms with Crippen molar-refractivity contribution in [2.24, 2.45) is 5.16 Å². The minimum Gasteiger partial charge on any atom is -0.411 e. The van der Waals surface area contributed by atoms with Crippen molar-refractivity contribution in [3.8, 4) is 0 Å². The summed E-state index contributed by atoms with van der Waals surface area (Å²) in [6, 6.07) is 14.1. The molecule has 0 amide bonds. The molecule has 2 nitrogen and oxygen atoms in total. The van der Waals surface area contributed by atoms with E-state index in [9.17, 15) is 0 Å². The second-order valence-corrected chi connectivity index (χ2v) is 3.25. The molecule has 0 radical (unpaired) electrons. The first-order valence-corrected chi connectivity index (χ1v) is 4.49. The molecule has 0 fully saturated rings. The number of benzene rings is 2. The first-order chi connectivity index (χ1) is 6.81. The van der Waals surface area contributed by atoms with Crippen LogP contribution in [0.15, 0.2) is 47.6 Å². The van der Waals surface area contributed by atoms with Crippen LogP contribution >= 0.6 is 0 Å². The molecular weight excluding hydrogens is 174 g/mol. The highest BCUT2D eigenvalue weighted by atomic mass is 16.4. The van der Waals surface area contributed by atoms with E-state index in [0.29, 0.717) is 5.71 Å². The molecule has 0 aliphatic rings. The van der Waals surface area contributed by atoms with Crippen LogP contribution in [0.4, 0.5) is 0 Å². The van der Waals surface area contributed by atoms with Gasteiger partial charge in [0, 0.05) is 0 Å². The number of rotatable bonds is 1. The first kappa shape index (κ1) is 8.75. The Labute approximate surface area is 82.5 Å². The lowest BCUT2D eigenvalue weighted by Crippen LogP contribution is -1.93. The Morgan fingerprint density at radius 2 is 1.79 bits per heavy atom. The maximum atomic E-state index is 8.65. The van der Waals surface area contributed by atoms with Gasteiger partial charge in [-0.25, -0.2) is 0 Å². The van der Waals surface area contributed by atoms with Gasteiger partial charge in [-0.3, -0.25) is 0 Å². The Kier molecular flexibility index (Phi) is 2.19. The lowest BCUT2D eigenvalue weighted by Gasteiger charge is -2.01. The van der Waals surface area contributed by atoms with Gasteiger partial charge in [0.2, 0.25) is 0 Å². The summed E-state index contributed by atoms with van der Waals surface area (Å²) in [5.41, 5.74) is 1.59. The molecule has 14 heavy (non-hydrogen) atoms. The minimum atomic E-state index is 0.635. The second kappa shape index (κ2) is 3.50. The van der Waals surface area contributed by atoms with Crippen molar-refractivity contribution < 1.29 is 5.21 Å². The average Bonchev–Trinajstić information content (AvgIpc) is 2.27. The third-order valence-corrected chi connectivity index (χ3v) is 2.32. The maximum absolute atomic E-state index is 8.65. The summed E-state index contributed by atoms with van der Waals surface area (Å²) < 4.78 is 0. The normalized spacial score (nSPS) is 11.9. The molecule has 0 atom stereocenters. The van der Waals surface area contributed by atoms with Gasteiger partial charge in [0.05, 0.1) is 5.71 Å². The molecule has 2 aromatic carbocycles. The number of oxime groups is 1. The van der Waals surface area contributed by atoms with Crippen molar-refractivity contribution in [1.29, 1.82) is 0 Å². The summed E-state index contributed by atoms with van der Waals surface area (Å²) in [6.45, 7) is 1.78. The monoisotopic (exact) mass is 185 g/mol. The quantitative estimate of drug-likeness (QED) is 0.413. The molecule has 1 N–H and O–H groups in total. The highest BCUT2D eigenvalue weighted by Crippen LogP contribution is 2.15.